The Balaban J connectivity index is 1.77. The molecule has 2 aromatic rings. The number of hydrogen-bond acceptors (Lipinski definition) is 4. The zero-order chi connectivity index (χ0) is 13.0. The number of amides is 2. The van der Waals surface area contributed by atoms with E-state index in [1.807, 2.05) is 11.0 Å². The molecule has 2 fully saturated rings. The van der Waals surface area contributed by atoms with Crippen LogP contribution in [-0.4, -0.2) is 40.0 Å². The molecule has 4 rings (SSSR count). The lowest BCUT2D eigenvalue weighted by atomic mass is 10.2. The van der Waals surface area contributed by atoms with Crippen LogP contribution in [0.5, 0.6) is 0 Å². The average Bonchev–Trinajstić information content (AvgIpc) is 3.06. The zero-order valence-electron chi connectivity index (χ0n) is 10.1. The van der Waals surface area contributed by atoms with Crippen LogP contribution in [0.3, 0.4) is 0 Å². The van der Waals surface area contributed by atoms with Gasteiger partial charge in [-0.1, -0.05) is 0 Å². The van der Waals surface area contributed by atoms with Gasteiger partial charge >= 0.3 is 6.03 Å². The molecule has 0 spiro atoms. The van der Waals surface area contributed by atoms with Gasteiger partial charge in [0.15, 0.2) is 0 Å². The lowest BCUT2D eigenvalue weighted by Gasteiger charge is -2.14. The van der Waals surface area contributed by atoms with E-state index in [2.05, 4.69) is 9.97 Å². The van der Waals surface area contributed by atoms with Gasteiger partial charge in [-0.3, -0.25) is 9.69 Å². The number of nitrogens with zero attached hydrogens (tertiary/aromatic N) is 3. The summed E-state index contributed by atoms with van der Waals surface area (Å²) < 4.78 is 0.581. The number of nitrogens with one attached hydrogen (secondary N) is 1. The molecule has 7 heteroatoms. The van der Waals surface area contributed by atoms with Crippen LogP contribution in [0.4, 0.5) is 9.80 Å². The predicted octanol–water partition coefficient (Wildman–Crippen LogP) is 1.39. The zero-order valence-corrected chi connectivity index (χ0v) is 10.9. The topological polar surface area (TPSA) is 69.3 Å². The van der Waals surface area contributed by atoms with Gasteiger partial charge in [0.25, 0.3) is 5.56 Å². The summed E-state index contributed by atoms with van der Waals surface area (Å²) in [5.74, 6) is 0. The molecule has 98 valence electrons. The number of rotatable bonds is 1. The van der Waals surface area contributed by atoms with E-state index in [9.17, 15) is 9.59 Å². The van der Waals surface area contributed by atoms with Gasteiger partial charge in [-0.2, -0.15) is 0 Å². The third-order valence-corrected chi connectivity index (χ3v) is 4.96. The summed E-state index contributed by atoms with van der Waals surface area (Å²) in [6.45, 7) is 1.58. The molecule has 2 aromatic heterocycles. The molecule has 0 saturated carbocycles. The molecule has 19 heavy (non-hydrogen) atoms. The fourth-order valence-electron chi connectivity index (χ4n) is 2.89. The van der Waals surface area contributed by atoms with Gasteiger partial charge in [-0.15, -0.1) is 11.3 Å². The molecule has 0 aliphatic carbocycles. The number of fused-ring (bicyclic) bond motifs is 2. The van der Waals surface area contributed by atoms with Crippen LogP contribution in [0.15, 0.2) is 17.2 Å². The highest BCUT2D eigenvalue weighted by Crippen LogP contribution is 2.35. The Hall–Kier alpha value is -1.89. The van der Waals surface area contributed by atoms with Gasteiger partial charge in [-0.25, -0.2) is 9.78 Å². The van der Waals surface area contributed by atoms with Gasteiger partial charge < -0.3 is 9.88 Å². The van der Waals surface area contributed by atoms with Gasteiger partial charge in [0.1, 0.15) is 9.70 Å². The second-order valence-corrected chi connectivity index (χ2v) is 5.94. The minimum Gasteiger partial charge on any atom is -0.320 e. The van der Waals surface area contributed by atoms with Crippen LogP contribution in [-0.2, 0) is 0 Å². The molecule has 0 radical (unpaired) electrons. The summed E-state index contributed by atoms with van der Waals surface area (Å²) in [7, 11) is 0. The lowest BCUT2D eigenvalue weighted by Crippen LogP contribution is -2.31. The maximum Gasteiger partial charge on any atom is 0.325 e. The number of aromatic amines is 1. The molecular formula is C12H12N4O2S. The molecule has 0 aromatic carbocycles. The number of urea groups is 1. The minimum absolute atomic E-state index is 0.0606. The molecule has 1 atom stereocenters. The fourth-order valence-corrected chi connectivity index (χ4v) is 3.90. The normalized spacial score (nSPS) is 22.5. The average molecular weight is 276 g/mol. The van der Waals surface area contributed by atoms with E-state index >= 15 is 0 Å². The smallest absolute Gasteiger partial charge is 0.320 e. The molecule has 1 N–H and O–H groups in total. The van der Waals surface area contributed by atoms with E-state index in [0.717, 1.165) is 30.9 Å². The number of anilines is 1. The summed E-state index contributed by atoms with van der Waals surface area (Å²) in [5, 5.41) is 0.818. The predicted molar refractivity (Wildman–Crippen MR) is 72.7 cm³/mol. The molecule has 1 unspecified atom stereocenters. The van der Waals surface area contributed by atoms with Crippen molar-refractivity contribution < 1.29 is 4.79 Å². The molecule has 2 saturated heterocycles. The summed E-state index contributed by atoms with van der Waals surface area (Å²) in [6, 6.07) is 2.23. The monoisotopic (exact) mass is 276 g/mol. The van der Waals surface area contributed by atoms with Crippen LogP contribution in [0.25, 0.3) is 10.2 Å². The van der Waals surface area contributed by atoms with Crippen LogP contribution in [0.2, 0.25) is 0 Å². The number of carbonyl (C=O) groups excluding carboxylic acids is 1. The van der Waals surface area contributed by atoms with E-state index in [-0.39, 0.29) is 11.6 Å². The van der Waals surface area contributed by atoms with E-state index < -0.39 is 0 Å². The van der Waals surface area contributed by atoms with Crippen molar-refractivity contribution in [3.05, 3.63) is 22.7 Å². The highest BCUT2D eigenvalue weighted by atomic mass is 32.1. The van der Waals surface area contributed by atoms with E-state index in [4.69, 9.17) is 0 Å². The van der Waals surface area contributed by atoms with Crippen molar-refractivity contribution in [2.75, 3.05) is 18.0 Å². The number of H-pyrrole nitrogens is 1. The largest absolute Gasteiger partial charge is 0.325 e. The molecule has 0 bridgehead atoms. The van der Waals surface area contributed by atoms with Gasteiger partial charge in [0, 0.05) is 13.1 Å². The Morgan fingerprint density at radius 2 is 2.32 bits per heavy atom. The van der Waals surface area contributed by atoms with Gasteiger partial charge in [0.05, 0.1) is 17.9 Å². The quantitative estimate of drug-likeness (QED) is 0.855. The first-order valence-corrected chi connectivity index (χ1v) is 7.11. The van der Waals surface area contributed by atoms with Crippen molar-refractivity contribution in [2.24, 2.45) is 0 Å². The second kappa shape index (κ2) is 3.80. The molecule has 2 amide bonds. The number of carbonyl (C=O) groups is 1. The van der Waals surface area contributed by atoms with E-state index in [0.29, 0.717) is 16.3 Å². The van der Waals surface area contributed by atoms with Crippen LogP contribution < -0.4 is 10.5 Å². The van der Waals surface area contributed by atoms with Gasteiger partial charge in [0.2, 0.25) is 0 Å². The third kappa shape index (κ3) is 1.51. The van der Waals surface area contributed by atoms with Crippen LogP contribution in [0, 0.1) is 0 Å². The Bertz CT molecular complexity index is 722. The standard InChI is InChI=1S/C12H12N4O2S/c17-11-10-8(13-6-14-11)4-9(19-10)16-5-7-2-1-3-15(7)12(16)18/h4,6-7H,1-3,5H2,(H,13,14,17). The first kappa shape index (κ1) is 11.0. The first-order chi connectivity index (χ1) is 9.24. The van der Waals surface area contributed by atoms with Crippen molar-refractivity contribution in [1.82, 2.24) is 14.9 Å². The summed E-state index contributed by atoms with van der Waals surface area (Å²) in [4.78, 5) is 34.4. The highest BCUT2D eigenvalue weighted by Gasteiger charge is 2.41. The second-order valence-electron chi connectivity index (χ2n) is 4.91. The summed E-state index contributed by atoms with van der Waals surface area (Å²) in [6.07, 6.45) is 3.56. The highest BCUT2D eigenvalue weighted by molar-refractivity contribution is 7.22. The maximum atomic E-state index is 12.3. The molecule has 4 heterocycles. The minimum atomic E-state index is -0.145. The van der Waals surface area contributed by atoms with Crippen molar-refractivity contribution in [2.45, 2.75) is 18.9 Å². The van der Waals surface area contributed by atoms with Crippen molar-refractivity contribution in [1.29, 1.82) is 0 Å². The lowest BCUT2D eigenvalue weighted by molar-refractivity contribution is 0.219. The van der Waals surface area contributed by atoms with Gasteiger partial charge in [-0.05, 0) is 18.9 Å². The number of hydrogen-bond donors (Lipinski definition) is 1. The molecule has 6 nitrogen and oxygen atoms in total. The number of aromatic nitrogens is 2. The molecular weight excluding hydrogens is 264 g/mol. The summed E-state index contributed by atoms with van der Waals surface area (Å²) in [5.41, 5.74) is 0.511. The van der Waals surface area contributed by atoms with Crippen molar-refractivity contribution in [3.8, 4) is 0 Å². The number of thiophene rings is 1. The SMILES string of the molecule is O=C1N(c2cc3nc[nH]c(=O)c3s2)CC2CCCN12. The van der Waals surface area contributed by atoms with Crippen molar-refractivity contribution in [3.63, 3.8) is 0 Å². The Morgan fingerprint density at radius 3 is 3.11 bits per heavy atom. The van der Waals surface area contributed by atoms with E-state index in [1.54, 1.807) is 4.90 Å². The fraction of sp³-hybridized carbons (Fsp3) is 0.417. The van der Waals surface area contributed by atoms with Crippen molar-refractivity contribution >= 4 is 32.6 Å². The van der Waals surface area contributed by atoms with E-state index in [1.165, 1.54) is 17.7 Å². The molecule has 2 aliphatic rings. The Kier molecular flexibility index (Phi) is 2.20. The molecule has 2 aliphatic heterocycles. The first-order valence-electron chi connectivity index (χ1n) is 6.29. The Labute approximate surface area is 112 Å². The summed E-state index contributed by atoms with van der Waals surface area (Å²) >= 11 is 1.34. The van der Waals surface area contributed by atoms with Crippen LogP contribution >= 0.6 is 11.3 Å². The Morgan fingerprint density at radius 1 is 1.42 bits per heavy atom. The third-order valence-electron chi connectivity index (χ3n) is 3.82. The van der Waals surface area contributed by atoms with Crippen LogP contribution in [0.1, 0.15) is 12.8 Å². The maximum absolute atomic E-state index is 12.3.